The maximum atomic E-state index is 12.9. The van der Waals surface area contributed by atoms with Crippen LogP contribution in [0.3, 0.4) is 0 Å². The van der Waals surface area contributed by atoms with Crippen LogP contribution in [-0.4, -0.2) is 19.2 Å². The van der Waals surface area contributed by atoms with Crippen LogP contribution in [-0.2, 0) is 22.3 Å². The number of nitrogens with one attached hydrogen (secondary N) is 1. The first kappa shape index (κ1) is 21.4. The Hall–Kier alpha value is -3.32. The molecule has 0 aromatic heterocycles. The summed E-state index contributed by atoms with van der Waals surface area (Å²) in [4.78, 5) is 12.4. The predicted molar refractivity (Wildman–Crippen MR) is 108 cm³/mol. The van der Waals surface area contributed by atoms with E-state index in [-0.39, 0.29) is 24.5 Å². The van der Waals surface area contributed by atoms with Gasteiger partial charge >= 0.3 is 12.1 Å². The van der Waals surface area contributed by atoms with Gasteiger partial charge < -0.3 is 14.8 Å². The van der Waals surface area contributed by atoms with Gasteiger partial charge in [-0.2, -0.15) is 13.2 Å². The molecule has 0 amide bonds. The molecule has 3 aromatic rings. The van der Waals surface area contributed by atoms with Crippen molar-refractivity contribution in [1.82, 2.24) is 0 Å². The molecule has 0 bridgehead atoms. The van der Waals surface area contributed by atoms with E-state index < -0.39 is 17.7 Å². The largest absolute Gasteiger partial charge is 0.460 e. The summed E-state index contributed by atoms with van der Waals surface area (Å²) in [6.45, 7) is 0.694. The van der Waals surface area contributed by atoms with E-state index in [0.717, 1.165) is 17.7 Å². The third kappa shape index (κ3) is 6.09. The lowest BCUT2D eigenvalue weighted by Gasteiger charge is -2.13. The van der Waals surface area contributed by atoms with Crippen molar-refractivity contribution in [3.63, 3.8) is 0 Å². The Labute approximate surface area is 172 Å². The predicted octanol–water partition coefficient (Wildman–Crippen LogP) is 5.82. The number of esters is 1. The van der Waals surface area contributed by atoms with Crippen LogP contribution >= 0.6 is 0 Å². The molecule has 30 heavy (non-hydrogen) atoms. The fourth-order valence-corrected chi connectivity index (χ4v) is 2.73. The van der Waals surface area contributed by atoms with Crippen molar-refractivity contribution < 1.29 is 27.4 Å². The molecule has 0 aliphatic rings. The number of para-hydroxylation sites is 1. The number of anilines is 2. The van der Waals surface area contributed by atoms with Gasteiger partial charge in [-0.25, -0.2) is 4.79 Å². The molecule has 1 N–H and O–H groups in total. The number of halogens is 3. The first-order chi connectivity index (χ1) is 14.4. The minimum absolute atomic E-state index is 0.0591. The van der Waals surface area contributed by atoms with Gasteiger partial charge in [0.1, 0.15) is 6.61 Å². The molecule has 4 nitrogen and oxygen atoms in total. The van der Waals surface area contributed by atoms with Crippen LogP contribution in [0.25, 0.3) is 0 Å². The Kier molecular flexibility index (Phi) is 7.08. The summed E-state index contributed by atoms with van der Waals surface area (Å²) in [5, 5.41) is 2.86. The highest BCUT2D eigenvalue weighted by molar-refractivity contribution is 5.96. The smallest absolute Gasteiger partial charge is 0.416 e. The third-order valence-corrected chi connectivity index (χ3v) is 4.19. The Balaban J connectivity index is 1.57. The second kappa shape index (κ2) is 9.93. The number of alkyl halides is 3. The van der Waals surface area contributed by atoms with Crippen LogP contribution < -0.4 is 5.32 Å². The molecule has 0 saturated heterocycles. The second-order valence-corrected chi connectivity index (χ2v) is 6.42. The standard InChI is InChI=1S/C23H20F3NO3/c24-23(25,26)18-9-6-10-19(15-18)27-21-12-5-4-11-20(21)22(28)30-14-13-29-16-17-7-2-1-3-8-17/h1-12,15,27H,13-14,16H2. The summed E-state index contributed by atoms with van der Waals surface area (Å²) in [5.41, 5.74) is 1.03. The van der Waals surface area contributed by atoms with Crippen molar-refractivity contribution >= 4 is 17.3 Å². The molecule has 3 aromatic carbocycles. The molecule has 0 aliphatic heterocycles. The normalized spacial score (nSPS) is 11.2. The van der Waals surface area contributed by atoms with Crippen LogP contribution in [0.15, 0.2) is 78.9 Å². The zero-order chi connectivity index (χ0) is 21.4. The number of benzene rings is 3. The van der Waals surface area contributed by atoms with Gasteiger partial charge in [0.15, 0.2) is 0 Å². The zero-order valence-electron chi connectivity index (χ0n) is 16.0. The van der Waals surface area contributed by atoms with Gasteiger partial charge in [0.25, 0.3) is 0 Å². The quantitative estimate of drug-likeness (QED) is 0.372. The molecule has 0 spiro atoms. The summed E-state index contributed by atoms with van der Waals surface area (Å²) in [7, 11) is 0. The number of carbonyl (C=O) groups excluding carboxylic acids is 1. The molecule has 0 saturated carbocycles. The lowest BCUT2D eigenvalue weighted by atomic mass is 10.1. The van der Waals surface area contributed by atoms with E-state index in [2.05, 4.69) is 5.32 Å². The highest BCUT2D eigenvalue weighted by atomic mass is 19.4. The number of rotatable bonds is 8. The van der Waals surface area contributed by atoms with Gasteiger partial charge in [0.05, 0.1) is 30.0 Å². The molecule has 0 unspecified atom stereocenters. The van der Waals surface area contributed by atoms with Gasteiger partial charge in [-0.15, -0.1) is 0 Å². The van der Waals surface area contributed by atoms with Gasteiger partial charge in [0.2, 0.25) is 0 Å². The average molecular weight is 415 g/mol. The van der Waals surface area contributed by atoms with Crippen molar-refractivity contribution in [3.8, 4) is 0 Å². The monoisotopic (exact) mass is 415 g/mol. The molecule has 0 fully saturated rings. The number of ether oxygens (including phenoxy) is 2. The molecule has 0 heterocycles. The molecule has 0 aliphatic carbocycles. The molecular weight excluding hydrogens is 395 g/mol. The topological polar surface area (TPSA) is 47.6 Å². The summed E-state index contributed by atoms with van der Waals surface area (Å²) < 4.78 is 49.4. The van der Waals surface area contributed by atoms with Gasteiger partial charge in [-0.1, -0.05) is 48.5 Å². The summed E-state index contributed by atoms with van der Waals surface area (Å²) >= 11 is 0. The Bertz CT molecular complexity index is 975. The van der Waals surface area contributed by atoms with Crippen molar-refractivity contribution in [3.05, 3.63) is 95.6 Å². The van der Waals surface area contributed by atoms with Crippen LogP contribution in [0.5, 0.6) is 0 Å². The molecule has 0 atom stereocenters. The van der Waals surface area contributed by atoms with E-state index in [1.54, 1.807) is 24.3 Å². The summed E-state index contributed by atoms with van der Waals surface area (Å²) in [6.07, 6.45) is -4.45. The van der Waals surface area contributed by atoms with E-state index in [0.29, 0.717) is 12.3 Å². The lowest BCUT2D eigenvalue weighted by Crippen LogP contribution is -2.12. The Morgan fingerprint density at radius 2 is 1.60 bits per heavy atom. The molecular formula is C23H20F3NO3. The number of hydrogen-bond donors (Lipinski definition) is 1. The van der Waals surface area contributed by atoms with Gasteiger partial charge in [-0.3, -0.25) is 0 Å². The minimum Gasteiger partial charge on any atom is -0.460 e. The molecule has 7 heteroatoms. The van der Waals surface area contributed by atoms with Crippen molar-refractivity contribution in [1.29, 1.82) is 0 Å². The first-order valence-electron chi connectivity index (χ1n) is 9.25. The zero-order valence-corrected chi connectivity index (χ0v) is 16.0. The van der Waals surface area contributed by atoms with Crippen LogP contribution in [0.1, 0.15) is 21.5 Å². The van der Waals surface area contributed by atoms with E-state index in [4.69, 9.17) is 9.47 Å². The summed E-state index contributed by atoms with van der Waals surface area (Å²) in [6, 6.07) is 20.8. The maximum Gasteiger partial charge on any atom is 0.416 e. The SMILES string of the molecule is O=C(OCCOCc1ccccc1)c1ccccc1Nc1cccc(C(F)(F)F)c1. The fraction of sp³-hybridized carbons (Fsp3) is 0.174. The average Bonchev–Trinajstić information content (AvgIpc) is 2.74. The Morgan fingerprint density at radius 3 is 2.37 bits per heavy atom. The van der Waals surface area contributed by atoms with E-state index in [9.17, 15) is 18.0 Å². The minimum atomic E-state index is -4.45. The van der Waals surface area contributed by atoms with Crippen molar-refractivity contribution in [2.45, 2.75) is 12.8 Å². The van der Waals surface area contributed by atoms with E-state index in [1.165, 1.54) is 12.1 Å². The van der Waals surface area contributed by atoms with E-state index in [1.807, 2.05) is 30.3 Å². The van der Waals surface area contributed by atoms with E-state index >= 15 is 0 Å². The van der Waals surface area contributed by atoms with Crippen LogP contribution in [0.4, 0.5) is 24.5 Å². The third-order valence-electron chi connectivity index (χ3n) is 4.19. The maximum absolute atomic E-state index is 12.9. The van der Waals surface area contributed by atoms with Crippen molar-refractivity contribution in [2.75, 3.05) is 18.5 Å². The Morgan fingerprint density at radius 1 is 0.867 bits per heavy atom. The highest BCUT2D eigenvalue weighted by Crippen LogP contribution is 2.32. The fourth-order valence-electron chi connectivity index (χ4n) is 2.73. The van der Waals surface area contributed by atoms with Gasteiger partial charge in [0, 0.05) is 5.69 Å². The summed E-state index contributed by atoms with van der Waals surface area (Å²) in [5.74, 6) is -0.589. The first-order valence-corrected chi connectivity index (χ1v) is 9.25. The van der Waals surface area contributed by atoms with Crippen molar-refractivity contribution in [2.24, 2.45) is 0 Å². The molecule has 156 valence electrons. The second-order valence-electron chi connectivity index (χ2n) is 6.42. The molecule has 0 radical (unpaired) electrons. The van der Waals surface area contributed by atoms with Crippen LogP contribution in [0.2, 0.25) is 0 Å². The lowest BCUT2D eigenvalue weighted by molar-refractivity contribution is -0.137. The van der Waals surface area contributed by atoms with Gasteiger partial charge in [-0.05, 0) is 35.9 Å². The highest BCUT2D eigenvalue weighted by Gasteiger charge is 2.30. The van der Waals surface area contributed by atoms with Crippen LogP contribution in [0, 0.1) is 0 Å². The number of hydrogen-bond acceptors (Lipinski definition) is 4. The number of carbonyl (C=O) groups is 1. The molecule has 3 rings (SSSR count).